The third kappa shape index (κ3) is 4.45. The highest BCUT2D eigenvalue weighted by Crippen LogP contribution is 2.38. The molecule has 0 fully saturated rings. The van der Waals surface area contributed by atoms with E-state index in [1.807, 2.05) is 0 Å². The Balaban J connectivity index is 4.73. The van der Waals surface area contributed by atoms with Gasteiger partial charge in [0.05, 0.1) is 0 Å². The van der Waals surface area contributed by atoms with Crippen LogP contribution in [0.25, 0.3) is 0 Å². The van der Waals surface area contributed by atoms with Gasteiger partial charge < -0.3 is 13.4 Å². The predicted molar refractivity (Wildman–Crippen MR) is 84.9 cm³/mol. The van der Waals surface area contributed by atoms with E-state index in [4.69, 9.17) is 8.85 Å². The molecule has 0 rings (SSSR count). The molecule has 0 aliphatic heterocycles. The topological polar surface area (TPSA) is 21.7 Å². The van der Waals surface area contributed by atoms with Gasteiger partial charge in [-0.25, -0.2) is 0 Å². The highest BCUT2D eigenvalue weighted by Gasteiger charge is 2.41. The fourth-order valence-corrected chi connectivity index (χ4v) is 5.82. The summed E-state index contributed by atoms with van der Waals surface area (Å²) >= 11 is 0. The SMILES string of the molecule is CCN(CC[Si](C)(OC)OC)[Si](C)(C)C(C)(C)C. The van der Waals surface area contributed by atoms with Gasteiger partial charge in [-0.15, -0.1) is 0 Å². The van der Waals surface area contributed by atoms with Gasteiger partial charge in [-0.05, 0) is 24.7 Å². The second kappa shape index (κ2) is 6.65. The van der Waals surface area contributed by atoms with Crippen molar-refractivity contribution in [2.24, 2.45) is 0 Å². The molecule has 0 heterocycles. The summed E-state index contributed by atoms with van der Waals surface area (Å²) in [7, 11) is 0.203. The van der Waals surface area contributed by atoms with E-state index in [0.29, 0.717) is 5.04 Å². The van der Waals surface area contributed by atoms with Crippen LogP contribution in [-0.2, 0) is 8.85 Å². The Hall–Kier alpha value is 0.314. The lowest BCUT2D eigenvalue weighted by Crippen LogP contribution is -2.56. The standard InChI is InChI=1S/C13H33NO2Si2/c1-10-14(17(7,8)13(2,3)4)11-12-18(9,15-5)16-6/h10-12H2,1-9H3. The minimum absolute atomic E-state index is 0.390. The van der Waals surface area contributed by atoms with E-state index in [2.05, 4.69) is 51.9 Å². The van der Waals surface area contributed by atoms with Crippen LogP contribution in [0.1, 0.15) is 27.7 Å². The molecule has 0 aromatic carbocycles. The number of hydrogen-bond donors (Lipinski definition) is 0. The first-order valence-corrected chi connectivity index (χ1v) is 12.4. The van der Waals surface area contributed by atoms with Crippen LogP contribution in [0.5, 0.6) is 0 Å². The molecule has 3 nitrogen and oxygen atoms in total. The van der Waals surface area contributed by atoms with E-state index in [1.165, 1.54) is 0 Å². The monoisotopic (exact) mass is 291 g/mol. The Kier molecular flexibility index (Phi) is 6.77. The second-order valence-corrected chi connectivity index (χ2v) is 15.5. The van der Waals surface area contributed by atoms with E-state index < -0.39 is 16.8 Å². The highest BCUT2D eigenvalue weighted by atomic mass is 28.4. The van der Waals surface area contributed by atoms with Crippen molar-refractivity contribution in [1.29, 1.82) is 0 Å². The molecule has 0 atom stereocenters. The third-order valence-corrected chi connectivity index (χ3v) is 13.4. The predicted octanol–water partition coefficient (Wildman–Crippen LogP) is 3.68. The number of hydrogen-bond acceptors (Lipinski definition) is 3. The fourth-order valence-electron chi connectivity index (χ4n) is 1.93. The van der Waals surface area contributed by atoms with Crippen molar-refractivity contribution in [3.05, 3.63) is 0 Å². The molecule has 0 amide bonds. The Morgan fingerprint density at radius 1 is 1.00 bits per heavy atom. The van der Waals surface area contributed by atoms with Crippen molar-refractivity contribution >= 4 is 16.8 Å². The molecule has 0 N–H and O–H groups in total. The molecule has 0 aliphatic rings. The zero-order valence-corrected chi connectivity index (χ0v) is 15.9. The second-order valence-electron chi connectivity index (χ2n) is 6.68. The van der Waals surface area contributed by atoms with Crippen LogP contribution in [0.2, 0.25) is 30.7 Å². The van der Waals surface area contributed by atoms with Crippen molar-refractivity contribution in [3.63, 3.8) is 0 Å². The Bertz CT molecular complexity index is 248. The summed E-state index contributed by atoms with van der Waals surface area (Å²) in [6, 6.07) is 1.04. The van der Waals surface area contributed by atoms with Gasteiger partial charge in [0.15, 0.2) is 0 Å². The molecule has 0 saturated heterocycles. The normalized spacial score (nSPS) is 14.3. The maximum absolute atomic E-state index is 5.59. The van der Waals surface area contributed by atoms with Gasteiger partial charge in [0.1, 0.15) is 8.24 Å². The van der Waals surface area contributed by atoms with Crippen LogP contribution >= 0.6 is 0 Å². The molecule has 0 aliphatic carbocycles. The maximum Gasteiger partial charge on any atom is 0.335 e. The van der Waals surface area contributed by atoms with Gasteiger partial charge >= 0.3 is 8.56 Å². The molecule has 0 aromatic heterocycles. The summed E-state index contributed by atoms with van der Waals surface area (Å²) < 4.78 is 13.8. The molecule has 0 unspecified atom stereocenters. The average molecular weight is 292 g/mol. The molecule has 110 valence electrons. The van der Waals surface area contributed by atoms with Crippen LogP contribution in [0.15, 0.2) is 0 Å². The van der Waals surface area contributed by atoms with Crippen LogP contribution in [0, 0.1) is 0 Å². The number of rotatable bonds is 7. The molecule has 18 heavy (non-hydrogen) atoms. The molecule has 5 heteroatoms. The van der Waals surface area contributed by atoms with Gasteiger partial charge in [-0.1, -0.05) is 40.8 Å². The third-order valence-electron chi connectivity index (χ3n) is 4.71. The zero-order valence-electron chi connectivity index (χ0n) is 13.9. The van der Waals surface area contributed by atoms with Gasteiger partial charge in [0.2, 0.25) is 0 Å². The summed E-state index contributed by atoms with van der Waals surface area (Å²) in [4.78, 5) is 0. The van der Waals surface area contributed by atoms with Crippen molar-refractivity contribution < 1.29 is 8.85 Å². The molecule has 0 aromatic rings. The lowest BCUT2D eigenvalue weighted by molar-refractivity contribution is 0.244. The highest BCUT2D eigenvalue weighted by molar-refractivity contribution is 6.77. The van der Waals surface area contributed by atoms with E-state index in [9.17, 15) is 0 Å². The van der Waals surface area contributed by atoms with Crippen molar-refractivity contribution in [3.8, 4) is 0 Å². The maximum atomic E-state index is 5.59. The van der Waals surface area contributed by atoms with Crippen LogP contribution in [-0.4, -0.2) is 48.7 Å². The Labute approximate surface area is 116 Å². The largest absolute Gasteiger partial charge is 0.398 e. The Morgan fingerprint density at radius 3 is 1.72 bits per heavy atom. The average Bonchev–Trinajstić information content (AvgIpc) is 2.27. The first-order valence-electron chi connectivity index (χ1n) is 6.89. The van der Waals surface area contributed by atoms with Crippen LogP contribution in [0.4, 0.5) is 0 Å². The van der Waals surface area contributed by atoms with Crippen molar-refractivity contribution in [2.45, 2.75) is 58.4 Å². The van der Waals surface area contributed by atoms with Gasteiger partial charge in [0, 0.05) is 20.3 Å². The quantitative estimate of drug-likeness (QED) is 0.668. The lowest BCUT2D eigenvalue weighted by Gasteiger charge is -2.46. The van der Waals surface area contributed by atoms with Gasteiger partial charge in [-0.2, -0.15) is 0 Å². The fraction of sp³-hybridized carbons (Fsp3) is 1.00. The summed E-state index contributed by atoms with van der Waals surface area (Å²) in [5, 5.41) is 0.390. The summed E-state index contributed by atoms with van der Waals surface area (Å²) in [6.45, 7) is 18.7. The molecule has 0 radical (unpaired) electrons. The van der Waals surface area contributed by atoms with Crippen molar-refractivity contribution in [2.75, 3.05) is 27.3 Å². The van der Waals surface area contributed by atoms with E-state index in [0.717, 1.165) is 19.1 Å². The number of nitrogens with zero attached hydrogens (tertiary/aromatic N) is 1. The van der Waals surface area contributed by atoms with Crippen LogP contribution in [0.3, 0.4) is 0 Å². The molecule has 0 spiro atoms. The van der Waals surface area contributed by atoms with E-state index >= 15 is 0 Å². The van der Waals surface area contributed by atoms with Gasteiger partial charge in [-0.3, -0.25) is 0 Å². The first-order chi connectivity index (χ1) is 8.04. The van der Waals surface area contributed by atoms with Crippen molar-refractivity contribution in [1.82, 2.24) is 4.57 Å². The molecular formula is C13H33NO2Si2. The summed E-state index contributed by atoms with van der Waals surface area (Å²) in [6.07, 6.45) is 0. The first kappa shape index (κ1) is 18.3. The van der Waals surface area contributed by atoms with Gasteiger partial charge in [0.25, 0.3) is 0 Å². The molecule has 0 saturated carbocycles. The lowest BCUT2D eigenvalue weighted by atomic mass is 10.2. The zero-order chi connectivity index (χ0) is 14.6. The van der Waals surface area contributed by atoms with Crippen LogP contribution < -0.4 is 0 Å². The minimum atomic E-state index is -1.93. The molecular weight excluding hydrogens is 258 g/mol. The van der Waals surface area contributed by atoms with E-state index in [-0.39, 0.29) is 0 Å². The summed E-state index contributed by atoms with van der Waals surface area (Å²) in [5.74, 6) is 0. The molecule has 0 bridgehead atoms. The minimum Gasteiger partial charge on any atom is -0.398 e. The smallest absolute Gasteiger partial charge is 0.335 e. The Morgan fingerprint density at radius 2 is 1.44 bits per heavy atom. The van der Waals surface area contributed by atoms with E-state index in [1.54, 1.807) is 14.2 Å². The summed E-state index contributed by atoms with van der Waals surface area (Å²) in [5.41, 5.74) is 0.